The Bertz CT molecular complexity index is 123. The Morgan fingerprint density at radius 1 is 1.64 bits per heavy atom. The zero-order valence-electron chi connectivity index (χ0n) is 6.35. The Morgan fingerprint density at radius 2 is 2.27 bits per heavy atom. The van der Waals surface area contributed by atoms with Crippen LogP contribution in [0, 0.1) is 0 Å². The summed E-state index contributed by atoms with van der Waals surface area (Å²) in [5.41, 5.74) is 6.32. The molecule has 0 bridgehead atoms. The fourth-order valence-electron chi connectivity index (χ4n) is 0.698. The smallest absolute Gasteiger partial charge is 0.170 e. The van der Waals surface area contributed by atoms with Crippen molar-refractivity contribution in [1.29, 1.82) is 0 Å². The summed E-state index contributed by atoms with van der Waals surface area (Å²) in [6.07, 6.45) is 1.90. The molecule has 1 atom stereocenters. The molecule has 0 fully saturated rings. The van der Waals surface area contributed by atoms with Crippen molar-refractivity contribution in [2.45, 2.75) is 25.3 Å². The number of hydrogen-bond donors (Lipinski definition) is 2. The maximum Gasteiger partial charge on any atom is 0.170 e. The van der Waals surface area contributed by atoms with E-state index in [1.54, 1.807) is 0 Å². The number of carbonyl (C=O) groups excluding carboxylic acids is 1. The molecule has 0 amide bonds. The van der Waals surface area contributed by atoms with Gasteiger partial charge in [0.15, 0.2) is 7.85 Å². The van der Waals surface area contributed by atoms with E-state index in [1.165, 1.54) is 5.54 Å². The molecule has 0 spiro atoms. The summed E-state index contributed by atoms with van der Waals surface area (Å²) in [5, 5.41) is 0. The number of unbranched alkanes of at least 4 members (excludes halogenated alkanes) is 1. The molecule has 2 radical (unpaired) electrons. The van der Waals surface area contributed by atoms with Gasteiger partial charge in [-0.2, -0.15) is 5.54 Å². The van der Waals surface area contributed by atoms with Crippen molar-refractivity contribution in [2.75, 3.05) is 6.54 Å². The summed E-state index contributed by atoms with van der Waals surface area (Å²) < 4.78 is 11.3. The zero-order chi connectivity index (χ0) is 8.69. The Morgan fingerprint density at radius 3 is 2.73 bits per heavy atom. The highest BCUT2D eigenvalue weighted by molar-refractivity contribution is 6.59. The lowest BCUT2D eigenvalue weighted by molar-refractivity contribution is -0.113. The zero-order valence-corrected chi connectivity index (χ0v) is 6.35. The first-order valence-corrected chi connectivity index (χ1v) is 3.57. The average Bonchev–Trinajstić information content (AvgIpc) is 1.97. The van der Waals surface area contributed by atoms with Gasteiger partial charge < -0.3 is 10.5 Å². The van der Waals surface area contributed by atoms with Crippen molar-refractivity contribution in [1.82, 2.24) is 5.54 Å². The summed E-state index contributed by atoms with van der Waals surface area (Å²) in [7, 11) is 4.90. The SMILES string of the molecule is [B]C(=O)[C@@H](N)CCCCNF. The van der Waals surface area contributed by atoms with Crippen LogP contribution in [0.15, 0.2) is 0 Å². The van der Waals surface area contributed by atoms with Gasteiger partial charge in [0.1, 0.15) is 0 Å². The van der Waals surface area contributed by atoms with Crippen LogP contribution in [-0.2, 0) is 4.79 Å². The molecule has 11 heavy (non-hydrogen) atoms. The van der Waals surface area contributed by atoms with E-state index in [2.05, 4.69) is 0 Å². The number of nitrogens with one attached hydrogen (secondary N) is 1. The average molecular weight is 158 g/mol. The first-order chi connectivity index (χ1) is 5.18. The topological polar surface area (TPSA) is 55.1 Å². The first kappa shape index (κ1) is 10.6. The van der Waals surface area contributed by atoms with E-state index in [-0.39, 0.29) is 0 Å². The third-order valence-electron chi connectivity index (χ3n) is 1.40. The molecule has 0 aromatic rings. The van der Waals surface area contributed by atoms with E-state index >= 15 is 0 Å². The van der Waals surface area contributed by atoms with E-state index in [0.717, 1.165) is 0 Å². The van der Waals surface area contributed by atoms with Gasteiger partial charge in [0.05, 0.1) is 11.7 Å². The quantitative estimate of drug-likeness (QED) is 0.315. The first-order valence-electron chi connectivity index (χ1n) is 3.57. The Kier molecular flexibility index (Phi) is 6.07. The summed E-state index contributed by atoms with van der Waals surface area (Å²) in [5.74, 6) is 0. The molecule has 0 aliphatic carbocycles. The minimum atomic E-state index is -0.588. The molecule has 0 aromatic carbocycles. The molecule has 0 saturated carbocycles. The third-order valence-corrected chi connectivity index (χ3v) is 1.40. The molecule has 0 aromatic heterocycles. The Hall–Kier alpha value is -0.415. The molecule has 0 unspecified atom stereocenters. The second-order valence-electron chi connectivity index (χ2n) is 2.39. The Labute approximate surface area is 66.9 Å². The molecule has 0 aliphatic rings. The molecule has 0 rings (SSSR count). The number of halogens is 1. The van der Waals surface area contributed by atoms with Crippen molar-refractivity contribution in [3.8, 4) is 0 Å². The molecule has 0 saturated heterocycles. The van der Waals surface area contributed by atoms with Crippen LogP contribution in [0.5, 0.6) is 0 Å². The summed E-state index contributed by atoms with van der Waals surface area (Å²) in [6.45, 7) is 0.297. The van der Waals surface area contributed by atoms with Gasteiger partial charge in [-0.05, 0) is 12.8 Å². The summed E-state index contributed by atoms with van der Waals surface area (Å²) in [6, 6.07) is -0.588. The van der Waals surface area contributed by atoms with Gasteiger partial charge in [-0.15, -0.1) is 4.48 Å². The fraction of sp³-hybridized carbons (Fsp3) is 0.833. The van der Waals surface area contributed by atoms with E-state index in [9.17, 15) is 9.28 Å². The number of hydrogen-bond acceptors (Lipinski definition) is 3. The lowest BCUT2D eigenvalue weighted by atomic mass is 9.92. The van der Waals surface area contributed by atoms with Crippen molar-refractivity contribution < 1.29 is 9.28 Å². The van der Waals surface area contributed by atoms with Crippen LogP contribution in [0.2, 0.25) is 0 Å². The highest BCUT2D eigenvalue weighted by Gasteiger charge is 2.05. The molecule has 5 heteroatoms. The molecular formula is C6H12BFN2O. The van der Waals surface area contributed by atoms with E-state index in [1.807, 2.05) is 0 Å². The molecular weight excluding hydrogens is 146 g/mol. The van der Waals surface area contributed by atoms with Gasteiger partial charge in [-0.25, -0.2) is 0 Å². The molecule has 0 heterocycles. The second-order valence-corrected chi connectivity index (χ2v) is 2.39. The monoisotopic (exact) mass is 158 g/mol. The van der Waals surface area contributed by atoms with Crippen LogP contribution in [0.1, 0.15) is 19.3 Å². The van der Waals surface area contributed by atoms with Gasteiger partial charge in [0.2, 0.25) is 0 Å². The normalized spacial score (nSPS) is 12.9. The van der Waals surface area contributed by atoms with Crippen LogP contribution in [0.3, 0.4) is 0 Å². The van der Waals surface area contributed by atoms with Crippen LogP contribution < -0.4 is 11.3 Å². The standard InChI is InChI=1S/C6H12BFN2O/c7-6(11)5(9)3-1-2-4-10-8/h5,10H,1-4,9H2/t5-/m0/s1. The second kappa shape index (κ2) is 6.31. The van der Waals surface area contributed by atoms with Crippen molar-refractivity contribution in [3.05, 3.63) is 0 Å². The van der Waals surface area contributed by atoms with E-state index < -0.39 is 11.7 Å². The van der Waals surface area contributed by atoms with Gasteiger partial charge in [0, 0.05) is 6.54 Å². The molecule has 3 N–H and O–H groups in total. The van der Waals surface area contributed by atoms with Gasteiger partial charge in [-0.1, -0.05) is 6.42 Å². The van der Waals surface area contributed by atoms with Crippen molar-refractivity contribution in [3.63, 3.8) is 0 Å². The van der Waals surface area contributed by atoms with Gasteiger partial charge >= 0.3 is 0 Å². The highest BCUT2D eigenvalue weighted by atomic mass is 19.2. The molecule has 62 valence electrons. The van der Waals surface area contributed by atoms with Crippen LogP contribution in [0.25, 0.3) is 0 Å². The predicted molar refractivity (Wildman–Crippen MR) is 41.7 cm³/mol. The highest BCUT2D eigenvalue weighted by Crippen LogP contribution is 1.97. The van der Waals surface area contributed by atoms with E-state index in [0.29, 0.717) is 25.8 Å². The number of nitrogens with two attached hydrogens (primary N) is 1. The number of carbonyl (C=O) groups is 1. The van der Waals surface area contributed by atoms with Gasteiger partial charge in [-0.3, -0.25) is 0 Å². The maximum absolute atomic E-state index is 11.3. The molecule has 3 nitrogen and oxygen atoms in total. The minimum absolute atomic E-state index is 0.297. The van der Waals surface area contributed by atoms with Crippen molar-refractivity contribution >= 4 is 13.5 Å². The van der Waals surface area contributed by atoms with Crippen LogP contribution in [-0.4, -0.2) is 26.1 Å². The van der Waals surface area contributed by atoms with Crippen LogP contribution >= 0.6 is 0 Å². The van der Waals surface area contributed by atoms with Crippen LogP contribution in [0.4, 0.5) is 4.48 Å². The van der Waals surface area contributed by atoms with Crippen molar-refractivity contribution in [2.24, 2.45) is 5.73 Å². The summed E-state index contributed by atoms with van der Waals surface area (Å²) in [4.78, 5) is 10.4. The van der Waals surface area contributed by atoms with E-state index in [4.69, 9.17) is 13.6 Å². The lowest BCUT2D eigenvalue weighted by Gasteiger charge is -2.06. The lowest BCUT2D eigenvalue weighted by Crippen LogP contribution is -2.30. The fourth-order valence-corrected chi connectivity index (χ4v) is 0.698. The largest absolute Gasteiger partial charge is 0.322 e. The Balaban J connectivity index is 3.17. The predicted octanol–water partition coefficient (Wildman–Crippen LogP) is -0.347. The molecule has 0 aliphatic heterocycles. The minimum Gasteiger partial charge on any atom is -0.322 e. The third kappa shape index (κ3) is 6.00. The number of rotatable bonds is 6. The summed E-state index contributed by atoms with van der Waals surface area (Å²) >= 11 is 0. The van der Waals surface area contributed by atoms with Gasteiger partial charge in [0.25, 0.3) is 0 Å². The maximum atomic E-state index is 11.3.